The second kappa shape index (κ2) is 8.37. The van der Waals surface area contributed by atoms with Crippen LogP contribution in [0.1, 0.15) is 86.5 Å². The van der Waals surface area contributed by atoms with Crippen LogP contribution in [0.2, 0.25) is 0 Å². The highest BCUT2D eigenvalue weighted by molar-refractivity contribution is 7.99. The lowest BCUT2D eigenvalue weighted by atomic mass is 9.83. The van der Waals surface area contributed by atoms with E-state index in [0.717, 1.165) is 17.4 Å². The van der Waals surface area contributed by atoms with Gasteiger partial charge in [-0.3, -0.25) is 4.79 Å². The molecule has 0 aliphatic heterocycles. The molecule has 2 aromatic rings. The summed E-state index contributed by atoms with van der Waals surface area (Å²) in [4.78, 5) is 12.4. The summed E-state index contributed by atoms with van der Waals surface area (Å²) >= 11 is 1.52. The molecule has 1 heterocycles. The molecule has 1 aromatic heterocycles. The third-order valence-corrected chi connectivity index (χ3v) is 7.08. The van der Waals surface area contributed by atoms with E-state index in [2.05, 4.69) is 66.8 Å². The zero-order valence-corrected chi connectivity index (χ0v) is 19.7. The summed E-state index contributed by atoms with van der Waals surface area (Å²) in [6, 6.07) is 5.15. The summed E-state index contributed by atoms with van der Waals surface area (Å²) in [5.41, 5.74) is 5.49. The molecule has 162 valence electrons. The van der Waals surface area contributed by atoms with Crippen molar-refractivity contribution >= 4 is 17.7 Å². The highest BCUT2D eigenvalue weighted by Crippen LogP contribution is 2.45. The van der Waals surface area contributed by atoms with Crippen LogP contribution in [0.4, 0.5) is 0 Å². The maximum absolute atomic E-state index is 12.4. The number of thioether (sulfide) groups is 1. The molecule has 0 radical (unpaired) electrons. The van der Waals surface area contributed by atoms with Crippen LogP contribution in [0.25, 0.3) is 0 Å². The normalized spacial score (nSPS) is 16.7. The Morgan fingerprint density at radius 3 is 2.37 bits per heavy atom. The van der Waals surface area contributed by atoms with Crippen LogP contribution >= 0.6 is 11.8 Å². The molecule has 6 heteroatoms. The minimum Gasteiger partial charge on any atom is -0.355 e. The number of amides is 1. The number of aromatic nitrogens is 3. The predicted octanol–water partition coefficient (Wildman–Crippen LogP) is 4.86. The van der Waals surface area contributed by atoms with Crippen LogP contribution in [-0.2, 0) is 16.6 Å². The van der Waals surface area contributed by atoms with Gasteiger partial charge in [0, 0.05) is 18.5 Å². The van der Waals surface area contributed by atoms with Crippen LogP contribution in [-0.4, -0.2) is 33.0 Å². The Bertz CT molecular complexity index is 912. The van der Waals surface area contributed by atoms with Crippen molar-refractivity contribution in [1.29, 1.82) is 0 Å². The van der Waals surface area contributed by atoms with Crippen molar-refractivity contribution in [3.63, 3.8) is 0 Å². The molecule has 2 fully saturated rings. The fourth-order valence-electron chi connectivity index (χ4n) is 4.01. The van der Waals surface area contributed by atoms with Crippen molar-refractivity contribution in [3.05, 3.63) is 40.2 Å². The number of nitrogens with one attached hydrogen (secondary N) is 1. The molecular formula is C24H34N4OS. The largest absolute Gasteiger partial charge is 0.355 e. The minimum absolute atomic E-state index is 0.0694. The first-order chi connectivity index (χ1) is 14.2. The van der Waals surface area contributed by atoms with Crippen molar-refractivity contribution < 1.29 is 4.79 Å². The Morgan fingerprint density at radius 1 is 1.13 bits per heavy atom. The molecule has 0 bridgehead atoms. The Morgan fingerprint density at radius 2 is 1.80 bits per heavy atom. The van der Waals surface area contributed by atoms with E-state index in [4.69, 9.17) is 0 Å². The minimum atomic E-state index is 0.0694. The highest BCUT2D eigenvalue weighted by Gasteiger charge is 2.36. The molecule has 4 rings (SSSR count). The van der Waals surface area contributed by atoms with Gasteiger partial charge in [-0.25, -0.2) is 0 Å². The highest BCUT2D eigenvalue weighted by atomic mass is 32.2. The van der Waals surface area contributed by atoms with Gasteiger partial charge in [-0.1, -0.05) is 44.7 Å². The first-order valence-electron chi connectivity index (χ1n) is 11.2. The first kappa shape index (κ1) is 21.4. The van der Waals surface area contributed by atoms with Gasteiger partial charge in [-0.05, 0) is 73.6 Å². The molecule has 2 aliphatic rings. The van der Waals surface area contributed by atoms with Crippen molar-refractivity contribution in [3.8, 4) is 0 Å². The summed E-state index contributed by atoms with van der Waals surface area (Å²) < 4.78 is 2.30. The van der Waals surface area contributed by atoms with Gasteiger partial charge >= 0.3 is 0 Å². The molecule has 30 heavy (non-hydrogen) atoms. The third-order valence-electron chi connectivity index (χ3n) is 6.14. The SMILES string of the molecule is Cc1cc(C(C)(C)C)cc(C)c1CCNC(=O)CSc1nnc(C2CC2)n1C1CC1. The summed E-state index contributed by atoms with van der Waals surface area (Å²) in [5, 5.41) is 12.8. The van der Waals surface area contributed by atoms with Crippen LogP contribution in [0.3, 0.4) is 0 Å². The van der Waals surface area contributed by atoms with E-state index < -0.39 is 0 Å². The number of hydrogen-bond donors (Lipinski definition) is 1. The topological polar surface area (TPSA) is 59.8 Å². The van der Waals surface area contributed by atoms with Crippen LogP contribution in [0.15, 0.2) is 17.3 Å². The summed E-state index contributed by atoms with van der Waals surface area (Å²) in [6.45, 7) is 11.8. The van der Waals surface area contributed by atoms with E-state index in [-0.39, 0.29) is 11.3 Å². The van der Waals surface area contributed by atoms with E-state index in [0.29, 0.717) is 24.3 Å². The van der Waals surface area contributed by atoms with Gasteiger partial charge in [0.1, 0.15) is 5.82 Å². The number of nitrogens with zero attached hydrogens (tertiary/aromatic N) is 3. The van der Waals surface area contributed by atoms with Gasteiger partial charge in [0.05, 0.1) is 5.75 Å². The van der Waals surface area contributed by atoms with Gasteiger partial charge in [-0.2, -0.15) is 0 Å². The second-order valence-electron chi connectivity index (χ2n) is 9.94. The lowest BCUT2D eigenvalue weighted by Crippen LogP contribution is -2.28. The van der Waals surface area contributed by atoms with E-state index in [1.54, 1.807) is 0 Å². The zero-order chi connectivity index (χ0) is 21.5. The van der Waals surface area contributed by atoms with Crippen LogP contribution < -0.4 is 5.32 Å². The number of carbonyl (C=O) groups excluding carboxylic acids is 1. The lowest BCUT2D eigenvalue weighted by Gasteiger charge is -2.22. The number of rotatable bonds is 8. The summed E-state index contributed by atoms with van der Waals surface area (Å²) in [6.07, 6.45) is 5.74. The molecule has 0 saturated heterocycles. The molecule has 2 aliphatic carbocycles. The van der Waals surface area contributed by atoms with E-state index >= 15 is 0 Å². The Kier molecular flexibility index (Phi) is 5.97. The Hall–Kier alpha value is -1.82. The predicted molar refractivity (Wildman–Crippen MR) is 122 cm³/mol. The molecule has 5 nitrogen and oxygen atoms in total. The molecule has 1 amide bonds. The Balaban J connectivity index is 1.29. The standard InChI is InChI=1S/C24H34N4OS/c1-15-12-18(24(3,4)5)13-16(2)20(15)10-11-25-21(29)14-30-23-27-26-22(17-6-7-17)28(23)19-8-9-19/h12-13,17,19H,6-11,14H2,1-5H3,(H,25,29). The average Bonchev–Trinajstić information content (AvgIpc) is 3.60. The van der Waals surface area contributed by atoms with Crippen molar-refractivity contribution in [2.75, 3.05) is 12.3 Å². The number of benzene rings is 1. The fraction of sp³-hybridized carbons (Fsp3) is 0.625. The van der Waals surface area contributed by atoms with Gasteiger partial charge in [0.2, 0.25) is 5.91 Å². The van der Waals surface area contributed by atoms with Crippen molar-refractivity contribution in [2.45, 2.75) is 89.3 Å². The molecule has 0 atom stereocenters. The summed E-state index contributed by atoms with van der Waals surface area (Å²) in [5.74, 6) is 2.21. The number of aryl methyl sites for hydroxylation is 2. The van der Waals surface area contributed by atoms with Gasteiger partial charge in [0.25, 0.3) is 0 Å². The maximum Gasteiger partial charge on any atom is 0.230 e. The van der Waals surface area contributed by atoms with Crippen LogP contribution in [0.5, 0.6) is 0 Å². The molecule has 0 unspecified atom stereocenters. The molecule has 2 saturated carbocycles. The molecule has 1 aromatic carbocycles. The maximum atomic E-state index is 12.4. The van der Waals surface area contributed by atoms with Crippen molar-refractivity contribution in [1.82, 2.24) is 20.1 Å². The van der Waals surface area contributed by atoms with E-state index in [1.807, 2.05) is 0 Å². The van der Waals surface area contributed by atoms with Crippen LogP contribution in [0, 0.1) is 13.8 Å². The molecular weight excluding hydrogens is 392 g/mol. The first-order valence-corrected chi connectivity index (χ1v) is 12.2. The van der Waals surface area contributed by atoms with E-state index in [1.165, 1.54) is 59.7 Å². The molecule has 0 spiro atoms. The third kappa shape index (κ3) is 4.90. The van der Waals surface area contributed by atoms with Gasteiger partial charge in [-0.15, -0.1) is 10.2 Å². The van der Waals surface area contributed by atoms with Crippen molar-refractivity contribution in [2.24, 2.45) is 0 Å². The van der Waals surface area contributed by atoms with E-state index in [9.17, 15) is 4.79 Å². The van der Waals surface area contributed by atoms with Gasteiger partial charge < -0.3 is 9.88 Å². The fourth-order valence-corrected chi connectivity index (χ4v) is 4.85. The second-order valence-corrected chi connectivity index (χ2v) is 10.9. The lowest BCUT2D eigenvalue weighted by molar-refractivity contribution is -0.118. The molecule has 1 N–H and O–H groups in total. The number of carbonyl (C=O) groups is 1. The average molecular weight is 427 g/mol. The zero-order valence-electron chi connectivity index (χ0n) is 18.9. The summed E-state index contributed by atoms with van der Waals surface area (Å²) in [7, 11) is 0. The number of hydrogen-bond acceptors (Lipinski definition) is 4. The quantitative estimate of drug-likeness (QED) is 0.613. The smallest absolute Gasteiger partial charge is 0.230 e. The Labute approximate surface area is 184 Å². The van der Waals surface area contributed by atoms with Gasteiger partial charge in [0.15, 0.2) is 5.16 Å². The monoisotopic (exact) mass is 426 g/mol.